The number of carbonyl (C=O) groups is 2. The van der Waals surface area contributed by atoms with Gasteiger partial charge >= 0.3 is 11.9 Å². The fraction of sp³-hybridized carbons (Fsp3) is 0.600. The Morgan fingerprint density at radius 1 is 1.45 bits per heavy atom. The summed E-state index contributed by atoms with van der Waals surface area (Å²) in [4.78, 5) is 23.5. The minimum Gasteiger partial charge on any atom is -0.478 e. The minimum absolute atomic E-state index is 0.226. The van der Waals surface area contributed by atoms with Crippen molar-refractivity contribution in [2.75, 3.05) is 6.61 Å². The van der Waals surface area contributed by atoms with Crippen molar-refractivity contribution in [2.24, 2.45) is 0 Å². The van der Waals surface area contributed by atoms with E-state index in [4.69, 9.17) is 4.74 Å². The highest BCUT2D eigenvalue weighted by atomic mass is 16.5. The molecule has 0 aliphatic carbocycles. The van der Waals surface area contributed by atoms with E-state index >= 15 is 0 Å². The molecule has 0 saturated heterocycles. The largest absolute Gasteiger partial charge is 0.478 e. The van der Waals surface area contributed by atoms with Gasteiger partial charge in [-0.15, -0.1) is 0 Å². The number of hydrogen-bond donors (Lipinski definition) is 1. The van der Waals surface area contributed by atoms with E-state index in [1.54, 1.807) is 12.3 Å². The number of carboxylic acids is 1. The predicted molar refractivity (Wildman–Crippen MR) is 73.9 cm³/mol. The summed E-state index contributed by atoms with van der Waals surface area (Å²) in [5.74, 6) is -1.72. The van der Waals surface area contributed by atoms with Gasteiger partial charge in [-0.25, -0.2) is 4.79 Å². The Hall–Kier alpha value is -1.78. The fourth-order valence-corrected chi connectivity index (χ4v) is 2.66. The number of aromatic nitrogens is 1. The molecule has 1 atom stereocenters. The average Bonchev–Trinajstić information content (AvgIpc) is 2.72. The van der Waals surface area contributed by atoms with Gasteiger partial charge in [0.1, 0.15) is 0 Å². The second-order valence-corrected chi connectivity index (χ2v) is 5.18. The Kier molecular flexibility index (Phi) is 4.82. The monoisotopic (exact) mass is 279 g/mol. The highest BCUT2D eigenvalue weighted by Crippen LogP contribution is 2.31. The summed E-state index contributed by atoms with van der Waals surface area (Å²) < 4.78 is 7.18. The van der Waals surface area contributed by atoms with Gasteiger partial charge in [0.2, 0.25) is 0 Å². The Morgan fingerprint density at radius 2 is 2.25 bits per heavy atom. The van der Waals surface area contributed by atoms with Crippen molar-refractivity contribution in [3.8, 4) is 0 Å². The lowest BCUT2D eigenvalue weighted by atomic mass is 9.97. The van der Waals surface area contributed by atoms with E-state index in [-0.39, 0.29) is 11.5 Å². The van der Waals surface area contributed by atoms with Crippen LogP contribution in [0.5, 0.6) is 0 Å². The number of aromatic carboxylic acids is 1. The highest BCUT2D eigenvalue weighted by Gasteiger charge is 2.31. The molecule has 0 amide bonds. The third kappa shape index (κ3) is 3.03. The molecule has 1 aromatic heterocycles. The van der Waals surface area contributed by atoms with Gasteiger partial charge in [-0.3, -0.25) is 4.79 Å². The van der Waals surface area contributed by atoms with Crippen LogP contribution in [-0.2, 0) is 16.1 Å². The number of hydrogen-bond acceptors (Lipinski definition) is 3. The standard InChI is InChI=1S/C15H21NO4/c1-2-3-10-20-15(19)12-6-4-5-8-16-9-7-11(13(12)16)14(17)18/h7,9,12H,2-6,8,10H2,1H3,(H,17,18). The van der Waals surface area contributed by atoms with Crippen LogP contribution in [0, 0.1) is 0 Å². The van der Waals surface area contributed by atoms with Crippen molar-refractivity contribution < 1.29 is 19.4 Å². The maximum atomic E-state index is 12.2. The zero-order valence-electron chi connectivity index (χ0n) is 11.8. The number of aryl methyl sites for hydroxylation is 1. The second kappa shape index (κ2) is 6.59. The normalized spacial score (nSPS) is 18.1. The Morgan fingerprint density at radius 3 is 2.95 bits per heavy atom. The maximum absolute atomic E-state index is 12.2. The van der Waals surface area contributed by atoms with Crippen LogP contribution < -0.4 is 0 Å². The first-order valence-electron chi connectivity index (χ1n) is 7.24. The van der Waals surface area contributed by atoms with E-state index in [9.17, 15) is 14.7 Å². The molecule has 0 saturated carbocycles. The summed E-state index contributed by atoms with van der Waals surface area (Å²) in [5.41, 5.74) is 0.834. The van der Waals surface area contributed by atoms with Crippen LogP contribution in [0.1, 0.15) is 61.0 Å². The molecule has 0 fully saturated rings. The zero-order valence-corrected chi connectivity index (χ0v) is 11.8. The van der Waals surface area contributed by atoms with Gasteiger partial charge < -0.3 is 14.4 Å². The summed E-state index contributed by atoms with van der Waals surface area (Å²) in [5, 5.41) is 9.27. The van der Waals surface area contributed by atoms with Gasteiger partial charge in [-0.1, -0.05) is 19.8 Å². The van der Waals surface area contributed by atoms with Crippen molar-refractivity contribution in [2.45, 2.75) is 51.5 Å². The first kappa shape index (κ1) is 14.6. The third-order valence-electron chi connectivity index (χ3n) is 3.74. The topological polar surface area (TPSA) is 68.5 Å². The molecule has 5 nitrogen and oxygen atoms in total. The van der Waals surface area contributed by atoms with Gasteiger partial charge in [0.25, 0.3) is 0 Å². The van der Waals surface area contributed by atoms with Crippen LogP contribution in [0.2, 0.25) is 0 Å². The van der Waals surface area contributed by atoms with Crippen LogP contribution >= 0.6 is 0 Å². The molecule has 1 aliphatic rings. The summed E-state index contributed by atoms with van der Waals surface area (Å²) in [6.07, 6.45) is 6.10. The second-order valence-electron chi connectivity index (χ2n) is 5.18. The van der Waals surface area contributed by atoms with Crippen LogP contribution in [-0.4, -0.2) is 28.2 Å². The van der Waals surface area contributed by atoms with Crippen LogP contribution in [0.3, 0.4) is 0 Å². The summed E-state index contributed by atoms with van der Waals surface area (Å²) in [7, 11) is 0. The molecule has 1 aliphatic heterocycles. The Labute approximate surface area is 118 Å². The smallest absolute Gasteiger partial charge is 0.337 e. The van der Waals surface area contributed by atoms with Crippen molar-refractivity contribution >= 4 is 11.9 Å². The fourth-order valence-electron chi connectivity index (χ4n) is 2.66. The van der Waals surface area contributed by atoms with E-state index in [0.29, 0.717) is 18.7 Å². The number of ether oxygens (including phenoxy) is 1. The third-order valence-corrected chi connectivity index (χ3v) is 3.74. The highest BCUT2D eigenvalue weighted by molar-refractivity contribution is 5.92. The van der Waals surface area contributed by atoms with Crippen molar-refractivity contribution in [1.29, 1.82) is 0 Å². The number of fused-ring (bicyclic) bond motifs is 1. The molecular formula is C15H21NO4. The number of esters is 1. The summed E-state index contributed by atoms with van der Waals surface area (Å²) >= 11 is 0. The van der Waals surface area contributed by atoms with Crippen molar-refractivity contribution in [3.63, 3.8) is 0 Å². The lowest BCUT2D eigenvalue weighted by Gasteiger charge is -2.16. The molecule has 110 valence electrons. The zero-order chi connectivity index (χ0) is 14.5. The minimum atomic E-state index is -0.980. The molecule has 2 rings (SSSR count). The molecule has 1 unspecified atom stereocenters. The van der Waals surface area contributed by atoms with E-state index in [1.807, 2.05) is 11.5 Å². The average molecular weight is 279 g/mol. The van der Waals surface area contributed by atoms with Crippen LogP contribution in [0.15, 0.2) is 12.3 Å². The van der Waals surface area contributed by atoms with E-state index in [0.717, 1.165) is 32.2 Å². The Bertz CT molecular complexity index is 492. The molecule has 0 bridgehead atoms. The predicted octanol–water partition coefficient (Wildman–Crippen LogP) is 2.80. The first-order chi connectivity index (χ1) is 9.65. The van der Waals surface area contributed by atoms with Gasteiger partial charge in [-0.2, -0.15) is 0 Å². The quantitative estimate of drug-likeness (QED) is 0.664. The van der Waals surface area contributed by atoms with Crippen molar-refractivity contribution in [3.05, 3.63) is 23.5 Å². The van der Waals surface area contributed by atoms with Gasteiger partial charge in [-0.05, 0) is 25.3 Å². The summed E-state index contributed by atoms with van der Waals surface area (Å²) in [6.45, 7) is 3.21. The molecule has 1 aromatic rings. The maximum Gasteiger partial charge on any atom is 0.337 e. The molecule has 0 aromatic carbocycles. The first-order valence-corrected chi connectivity index (χ1v) is 7.24. The molecule has 1 N–H and O–H groups in total. The van der Waals surface area contributed by atoms with E-state index in [1.165, 1.54) is 0 Å². The van der Waals surface area contributed by atoms with E-state index < -0.39 is 11.9 Å². The van der Waals surface area contributed by atoms with E-state index in [2.05, 4.69) is 0 Å². The van der Waals surface area contributed by atoms with Crippen molar-refractivity contribution in [1.82, 2.24) is 4.57 Å². The van der Waals surface area contributed by atoms with Gasteiger partial charge in [0, 0.05) is 18.4 Å². The lowest BCUT2D eigenvalue weighted by molar-refractivity contribution is -0.145. The Balaban J connectivity index is 2.23. The number of carbonyl (C=O) groups excluding carboxylic acids is 1. The molecule has 2 heterocycles. The van der Waals surface area contributed by atoms with Crippen LogP contribution in [0.25, 0.3) is 0 Å². The molecule has 0 spiro atoms. The van der Waals surface area contributed by atoms with Gasteiger partial charge in [0.05, 0.1) is 18.1 Å². The van der Waals surface area contributed by atoms with Gasteiger partial charge in [0.15, 0.2) is 0 Å². The molecule has 0 radical (unpaired) electrons. The number of nitrogens with zero attached hydrogens (tertiary/aromatic N) is 1. The molecule has 5 heteroatoms. The summed E-state index contributed by atoms with van der Waals surface area (Å²) in [6, 6.07) is 1.58. The SMILES string of the molecule is CCCCOC(=O)C1CCCCn2ccc(C(=O)O)c21. The molecule has 20 heavy (non-hydrogen) atoms. The number of rotatable bonds is 5. The molecular weight excluding hydrogens is 258 g/mol. The number of unbranched alkanes of at least 4 members (excludes halogenated alkanes) is 1. The number of carboxylic acid groups (broad SMARTS) is 1. The lowest BCUT2D eigenvalue weighted by Crippen LogP contribution is -2.20. The van der Waals surface area contributed by atoms with Crippen LogP contribution in [0.4, 0.5) is 0 Å².